The van der Waals surface area contributed by atoms with Crippen LogP contribution < -0.4 is 11.1 Å². The summed E-state index contributed by atoms with van der Waals surface area (Å²) >= 11 is 0. The molecule has 10 rings (SSSR count). The number of ether oxygens (including phenoxy) is 12. The maximum absolute atomic E-state index is 14.9. The number of aromatic nitrogens is 8. The third-order valence-corrected chi connectivity index (χ3v) is 25.7. The molecule has 2 saturated heterocycles. The standard InChI is InChI=1S/C99H141N11O23/c1-64-21-13-11-14-22-65(2)85(122-8)60-78-31-28-70(7)99(121,133-78)93(117)97(119)108-37-18-16-27-83(108)98(120)132-86(61-84(114)66(3)54-69(6)91(116)92(124-10)90(115)68(5)53-64)67(4)55-71-29-33-82(87(56-71)123-9)110-62-81(105-107-110)72-23-19-24-73(57-72)96(118)101-36-42-128-46-50-130-48-44-127-41-35-76(112)26-20-39-125-43-47-129-51-52-131-49-45-126-40-34-75(111)25-15-12-17-38-109-95-88(94(100)102-63-103-95)89(106-109)80-59-74-58-77(113)30-32-79(74)104-80/h11,13-14,19,21-24,30,32,54,57-59,62-64,66-68,70-71,78,82-83,85-87,91-92,104,113,116,121H,12,15-18,20,25-29,31,33-53,55-56,60-61H2,1-10H3,(H,101,118)(H2,100,102,103)/b14-11+,21-13+,65-22+,69-54+/t64-,66-,67-,68-,70-,71+,78+,82+,83+,85+,86+,87-,91-,92+,99-/m1/s1. The first-order valence-electron chi connectivity index (χ1n) is 47.3. The van der Waals surface area contributed by atoms with E-state index in [1.54, 1.807) is 82.1 Å². The Morgan fingerprint density at radius 3 is 2.11 bits per heavy atom. The number of amides is 2. The normalized spacial score (nSPS) is 25.8. The average Bonchev–Trinajstić information content (AvgIpc) is 1.60. The van der Waals surface area contributed by atoms with E-state index in [-0.39, 0.29) is 104 Å². The highest BCUT2D eigenvalue weighted by Crippen LogP contribution is 2.41. The number of rotatable bonds is 44. The molecule has 0 spiro atoms. The van der Waals surface area contributed by atoms with Crippen LogP contribution in [0.4, 0.5) is 5.82 Å². The van der Waals surface area contributed by atoms with E-state index in [2.05, 4.69) is 30.6 Å². The van der Waals surface area contributed by atoms with E-state index in [1.165, 1.54) is 18.3 Å². The summed E-state index contributed by atoms with van der Waals surface area (Å²) in [6.45, 7) is 18.5. The largest absolute Gasteiger partial charge is 0.508 e. The molecule has 0 unspecified atom stereocenters. The summed E-state index contributed by atoms with van der Waals surface area (Å²) in [7, 11) is 4.59. The maximum atomic E-state index is 14.9. The third-order valence-electron chi connectivity index (χ3n) is 25.7. The first-order chi connectivity index (χ1) is 64.2. The number of methoxy groups -OCH3 is 3. The van der Waals surface area contributed by atoms with Crippen molar-refractivity contribution in [2.24, 2.45) is 35.5 Å². The summed E-state index contributed by atoms with van der Waals surface area (Å²) in [6.07, 6.45) is 18.9. The van der Waals surface area contributed by atoms with Crippen LogP contribution in [0.2, 0.25) is 0 Å². The summed E-state index contributed by atoms with van der Waals surface area (Å²) in [5, 5.41) is 52.2. The van der Waals surface area contributed by atoms with Gasteiger partial charge in [-0.3, -0.25) is 33.6 Å². The lowest BCUT2D eigenvalue weighted by Gasteiger charge is -2.42. The van der Waals surface area contributed by atoms with Gasteiger partial charge >= 0.3 is 5.97 Å². The fraction of sp³-hybridized carbons (Fsp3) is 0.626. The number of nitrogens with one attached hydrogen (secondary N) is 2. The second kappa shape index (κ2) is 54.3. The molecule has 1 aliphatic carbocycles. The minimum absolute atomic E-state index is 0.0205. The highest BCUT2D eigenvalue weighted by molar-refractivity contribution is 6.39. The summed E-state index contributed by atoms with van der Waals surface area (Å²) in [5.41, 5.74) is 12.0. The van der Waals surface area contributed by atoms with E-state index in [1.807, 2.05) is 81.1 Å². The number of fused-ring (bicyclic) bond motifs is 5. The number of H-pyrrole nitrogens is 1. The van der Waals surface area contributed by atoms with Gasteiger partial charge in [-0.15, -0.1) is 5.10 Å². The van der Waals surface area contributed by atoms with Crippen molar-refractivity contribution in [2.75, 3.05) is 133 Å². The molecule has 34 heteroatoms. The van der Waals surface area contributed by atoms with Crippen LogP contribution in [-0.2, 0) is 96.9 Å². The number of aryl methyl sites for hydroxylation is 1. The van der Waals surface area contributed by atoms with Crippen molar-refractivity contribution in [1.29, 1.82) is 0 Å². The van der Waals surface area contributed by atoms with Crippen LogP contribution in [0.25, 0.3) is 44.6 Å². The van der Waals surface area contributed by atoms with Gasteiger partial charge in [0.1, 0.15) is 71.0 Å². The number of anilines is 1. The number of cyclic esters (lactones) is 1. The van der Waals surface area contributed by atoms with Gasteiger partial charge in [-0.25, -0.2) is 24.1 Å². The van der Waals surface area contributed by atoms with E-state index < -0.39 is 83.7 Å². The van der Waals surface area contributed by atoms with Crippen LogP contribution in [0.3, 0.4) is 0 Å². The van der Waals surface area contributed by atoms with Gasteiger partial charge in [-0.1, -0.05) is 94.8 Å². The summed E-state index contributed by atoms with van der Waals surface area (Å²) in [4.78, 5) is 124. The number of aliphatic hydroxyl groups excluding tert-OH is 1. The second-order valence-corrected chi connectivity index (χ2v) is 35.8. The minimum Gasteiger partial charge on any atom is -0.508 e. The van der Waals surface area contributed by atoms with Crippen molar-refractivity contribution in [2.45, 2.75) is 238 Å². The summed E-state index contributed by atoms with van der Waals surface area (Å²) in [6, 6.07) is 12.7. The number of benzene rings is 2. The quantitative estimate of drug-likeness (QED) is 0.00895. The van der Waals surface area contributed by atoms with Crippen LogP contribution in [0.15, 0.2) is 109 Å². The van der Waals surface area contributed by atoms with Crippen LogP contribution in [0.5, 0.6) is 5.75 Å². The van der Waals surface area contributed by atoms with E-state index in [4.69, 9.17) is 67.7 Å². The van der Waals surface area contributed by atoms with Gasteiger partial charge in [0.15, 0.2) is 11.4 Å². The number of piperidine rings is 1. The lowest BCUT2D eigenvalue weighted by molar-refractivity contribution is -0.265. The van der Waals surface area contributed by atoms with Crippen molar-refractivity contribution in [3.05, 3.63) is 114 Å². The van der Waals surface area contributed by atoms with Crippen molar-refractivity contribution < 1.29 is 111 Å². The molecule has 6 aromatic rings. The number of hydrogen-bond donors (Lipinski definition) is 6. The number of allylic oxidation sites excluding steroid dienone is 6. The number of nitrogens with zero attached hydrogens (tertiary/aromatic N) is 8. The highest BCUT2D eigenvalue weighted by atomic mass is 16.6. The molecule has 15 atom stereocenters. The molecule has 2 bridgehead atoms. The monoisotopic (exact) mass is 1850 g/mol. The van der Waals surface area contributed by atoms with Crippen molar-refractivity contribution in [1.82, 2.24) is 49.9 Å². The van der Waals surface area contributed by atoms with Crippen molar-refractivity contribution in [3.8, 4) is 28.4 Å². The molecule has 34 nitrogen and oxygen atoms in total. The molecule has 1 saturated carbocycles. The number of unbranched alkanes of at least 4 members (excludes halogenated alkanes) is 2. The zero-order valence-electron chi connectivity index (χ0n) is 79.1. The predicted molar refractivity (Wildman–Crippen MR) is 497 cm³/mol. The fourth-order valence-corrected chi connectivity index (χ4v) is 17.8. The van der Waals surface area contributed by atoms with Crippen molar-refractivity contribution in [3.63, 3.8) is 0 Å². The molecule has 7 heterocycles. The van der Waals surface area contributed by atoms with Crippen LogP contribution in [0.1, 0.15) is 193 Å². The topological polar surface area (TPSA) is 439 Å². The Bertz CT molecular complexity index is 4870. The number of aromatic hydroxyl groups is 1. The van der Waals surface area contributed by atoms with Gasteiger partial charge in [-0.05, 0) is 163 Å². The SMILES string of the molecule is CO[C@H]1C[C@@H]2CC[C@@H](C)[C@@](O)(O2)C(=O)C(=O)N2CCCC[C@H]2C(=O)O[C@H]([C@H](C)C[C@@H]2CC[C@H](n3cc(-c4cccc(C(=O)NCCOCCOCCOCCC(=O)CCCOCCOCCOCCOCCC(=O)CCCCCn5nc(-c6cc7cc(O)ccc7[nH]6)c6c(N)ncnc65)c4)nn3)[C@H](OC)C2)CC(=O)[C@H](C)/C=C(\C)[C@@H](O)[C@@H](OC)C(=O)[C@H](C)C[C@H](C)/C=C/C=C/C=C/1C. The number of phenols is 1. The number of ketones is 5. The maximum Gasteiger partial charge on any atom is 0.329 e. The van der Waals surface area contributed by atoms with E-state index in [0.29, 0.717) is 221 Å². The third kappa shape index (κ3) is 31.5. The Morgan fingerprint density at radius 2 is 1.41 bits per heavy atom. The number of hydrogen-bond acceptors (Lipinski definition) is 29. The summed E-state index contributed by atoms with van der Waals surface area (Å²) in [5.74, 6) is -8.11. The van der Waals surface area contributed by atoms with Gasteiger partial charge in [-0.2, -0.15) is 5.10 Å². The predicted octanol–water partition coefficient (Wildman–Crippen LogP) is 11.7. The Labute approximate surface area is 779 Å². The number of nitrogen functional groups attached to an aromatic ring is 1. The molecule has 3 fully saturated rings. The zero-order chi connectivity index (χ0) is 95.4. The number of aliphatic hydroxyl groups is 2. The van der Waals surface area contributed by atoms with Gasteiger partial charge in [0, 0.05) is 126 Å². The molecule has 2 aromatic carbocycles. The molecule has 730 valence electrons. The van der Waals surface area contributed by atoms with E-state index in [0.717, 1.165) is 41.4 Å². The molecular weight excluding hydrogens is 1710 g/mol. The Hall–Kier alpha value is -9.53. The van der Waals surface area contributed by atoms with Gasteiger partial charge in [0.2, 0.25) is 5.79 Å². The molecule has 133 heavy (non-hydrogen) atoms. The number of phenolic OH excluding ortho intramolecular Hbond substituents is 1. The molecular formula is C99H141N11O23. The molecule has 7 N–H and O–H groups in total. The first-order valence-corrected chi connectivity index (χ1v) is 47.3. The van der Waals surface area contributed by atoms with Crippen LogP contribution in [0, 0.1) is 35.5 Å². The van der Waals surface area contributed by atoms with Gasteiger partial charge in [0.05, 0.1) is 128 Å². The van der Waals surface area contributed by atoms with E-state index in [9.17, 15) is 53.7 Å². The molecule has 3 aliphatic heterocycles. The fourth-order valence-electron chi connectivity index (χ4n) is 17.8. The number of carbonyl (C=O) groups is 8. The van der Waals surface area contributed by atoms with Crippen molar-refractivity contribution >= 4 is 74.5 Å². The van der Waals surface area contributed by atoms with Crippen LogP contribution in [-0.4, -0.2) is 282 Å². The van der Waals surface area contributed by atoms with Crippen LogP contribution >= 0.6 is 0 Å². The molecule has 2 amide bonds. The molecule has 4 aliphatic rings. The second-order valence-electron chi connectivity index (χ2n) is 35.8. The Balaban J connectivity index is 0.574. The highest BCUT2D eigenvalue weighted by Gasteiger charge is 2.53. The number of aromatic amines is 1. The Kier molecular flexibility index (Phi) is 43.1. The first kappa shape index (κ1) is 106. The smallest absolute Gasteiger partial charge is 0.329 e. The van der Waals surface area contributed by atoms with E-state index >= 15 is 0 Å². The zero-order valence-corrected chi connectivity index (χ0v) is 79.1. The minimum atomic E-state index is -2.49. The lowest BCUT2D eigenvalue weighted by atomic mass is 9.77. The summed E-state index contributed by atoms with van der Waals surface area (Å²) < 4.78 is 73.5. The average molecular weight is 1850 g/mol. The molecule has 4 aromatic heterocycles. The lowest BCUT2D eigenvalue weighted by Crippen LogP contribution is -2.61. The van der Waals surface area contributed by atoms with Gasteiger partial charge in [0.25, 0.3) is 17.6 Å². The number of carbonyl (C=O) groups excluding carboxylic acids is 8. The Morgan fingerprint density at radius 1 is 0.714 bits per heavy atom. The number of esters is 1. The van der Waals surface area contributed by atoms with Gasteiger partial charge < -0.3 is 93.1 Å². The number of nitrogens with two attached hydrogens (primary N) is 1. The molecule has 0 radical (unpaired) electrons. The number of Topliss-reactive ketones (excluding diaryl/α,β-unsaturated/α-hetero) is 5.